The molecule has 0 saturated carbocycles. The second kappa shape index (κ2) is 18.1. The van der Waals surface area contributed by atoms with Crippen LogP contribution in [0.4, 0.5) is 0 Å². The van der Waals surface area contributed by atoms with Gasteiger partial charge >= 0.3 is 0 Å². The first kappa shape index (κ1) is 39.0. The van der Waals surface area contributed by atoms with Gasteiger partial charge < -0.3 is 9.47 Å². The van der Waals surface area contributed by atoms with Gasteiger partial charge in [-0.1, -0.05) is 83.0 Å². The fraction of sp³-hybridized carbons (Fsp3) is 0.0952. The third kappa shape index (κ3) is 9.15. The van der Waals surface area contributed by atoms with Gasteiger partial charge in [-0.2, -0.15) is 0 Å². The molecule has 0 aliphatic rings. The lowest BCUT2D eigenvalue weighted by Gasteiger charge is -2.09. The van der Waals surface area contributed by atoms with Gasteiger partial charge in [-0.25, -0.2) is 0 Å². The molecule has 0 unspecified atom stereocenters. The summed E-state index contributed by atoms with van der Waals surface area (Å²) in [5, 5.41) is 4.33. The van der Waals surface area contributed by atoms with Gasteiger partial charge in [0.05, 0.1) is 37.7 Å². The Hall–Kier alpha value is -3.73. The number of thiol groups is 1. The van der Waals surface area contributed by atoms with Crippen LogP contribution >= 0.6 is 81.9 Å². The normalized spacial score (nSPS) is 10.8. The smallest absolute Gasteiger partial charge is 0.195 e. The average molecular weight is 834 g/mol. The van der Waals surface area contributed by atoms with Crippen LogP contribution in [0.2, 0.25) is 15.1 Å². The Labute approximate surface area is 339 Å². The van der Waals surface area contributed by atoms with Crippen molar-refractivity contribution in [2.45, 2.75) is 28.5 Å². The van der Waals surface area contributed by atoms with Crippen LogP contribution < -0.4 is 20.3 Å². The minimum absolute atomic E-state index is 0.00733. The van der Waals surface area contributed by atoms with Crippen molar-refractivity contribution >= 4 is 122 Å². The van der Waals surface area contributed by atoms with E-state index in [-0.39, 0.29) is 10.9 Å². The molecular weight excluding hydrogens is 803 g/mol. The average Bonchev–Trinajstić information content (AvgIpc) is 3.16. The maximum Gasteiger partial charge on any atom is 0.195 e. The van der Waals surface area contributed by atoms with Crippen molar-refractivity contribution in [1.82, 2.24) is 0 Å². The zero-order valence-electron chi connectivity index (χ0n) is 28.4. The number of hydrogen-bond donors (Lipinski definition) is 1. The Morgan fingerprint density at radius 2 is 1.11 bits per heavy atom. The highest BCUT2D eigenvalue weighted by Crippen LogP contribution is 2.40. The van der Waals surface area contributed by atoms with E-state index in [1.54, 1.807) is 35.2 Å². The van der Waals surface area contributed by atoms with Gasteiger partial charge in [-0.3, -0.25) is 9.59 Å². The molecule has 268 valence electrons. The maximum atomic E-state index is 12.8. The summed E-state index contributed by atoms with van der Waals surface area (Å²) in [6, 6.07) is 37.9. The molecule has 0 aliphatic heterocycles. The molecule has 2 aromatic heterocycles. The molecule has 11 heteroatoms. The molecule has 8 aromatic rings. The minimum Gasteiger partial charge on any atom is -0.494 e. The summed E-state index contributed by atoms with van der Waals surface area (Å²) >= 11 is 27.6. The van der Waals surface area contributed by atoms with Crippen molar-refractivity contribution in [2.75, 3.05) is 13.2 Å². The lowest BCUT2D eigenvalue weighted by molar-refractivity contribution is 0.339. The van der Waals surface area contributed by atoms with E-state index in [0.717, 1.165) is 55.8 Å². The topological polar surface area (TPSA) is 52.6 Å². The number of fused-ring (bicyclic) bond motifs is 4. The quantitative estimate of drug-likeness (QED) is 0.134. The van der Waals surface area contributed by atoms with Crippen LogP contribution in [0.25, 0.3) is 40.3 Å². The standard InChI is InChI=1S/C21H15ClO2S2.C13H6Cl2OS.C8H10OS/c1-2-24-13-6-5-7-14(12-13)25-18-11-10-16-20(23)15-8-3-4-9-17(15)26-21(16)19(18)22;14-9-6-5-8-12(16)7-3-1-2-4-10(7)17-13(8)11(9)15;1-2-9-7-4-3-5-8(10)6-7/h3-12H,2H2,1H3;1-6H;3-6,10H,2H2,1H3. The van der Waals surface area contributed by atoms with Crippen LogP contribution in [0.1, 0.15) is 13.8 Å². The molecule has 6 aromatic carbocycles. The monoisotopic (exact) mass is 832 g/mol. The van der Waals surface area contributed by atoms with Crippen LogP contribution in [0.5, 0.6) is 11.5 Å². The van der Waals surface area contributed by atoms with Crippen molar-refractivity contribution in [3.63, 3.8) is 0 Å². The molecule has 0 fully saturated rings. The third-order valence-corrected chi connectivity index (χ3v) is 13.0. The summed E-state index contributed by atoms with van der Waals surface area (Å²) in [5.41, 5.74) is 0.0408. The van der Waals surface area contributed by atoms with Crippen LogP contribution in [0, 0.1) is 0 Å². The fourth-order valence-corrected chi connectivity index (χ4v) is 9.65. The SMILES string of the molecule is CCOc1cccc(S)c1.CCOc1cccc(Sc2ccc3c(=O)c4ccccc4sc3c2Cl)c1.O=c1c2ccccc2sc2c(Cl)c(Cl)ccc12. The van der Waals surface area contributed by atoms with Gasteiger partial charge in [0.15, 0.2) is 10.9 Å². The fourth-order valence-electron chi connectivity index (χ4n) is 5.36. The first-order valence-corrected chi connectivity index (χ1v) is 20.5. The highest BCUT2D eigenvalue weighted by atomic mass is 35.5. The summed E-state index contributed by atoms with van der Waals surface area (Å²) in [6.45, 7) is 5.26. The predicted molar refractivity (Wildman–Crippen MR) is 233 cm³/mol. The summed E-state index contributed by atoms with van der Waals surface area (Å²) in [5.74, 6) is 1.72. The Morgan fingerprint density at radius 1 is 0.585 bits per heavy atom. The first-order chi connectivity index (χ1) is 25.7. The van der Waals surface area contributed by atoms with Crippen LogP contribution in [-0.4, -0.2) is 13.2 Å². The Morgan fingerprint density at radius 3 is 1.70 bits per heavy atom. The van der Waals surface area contributed by atoms with E-state index in [4.69, 9.17) is 44.3 Å². The van der Waals surface area contributed by atoms with Gasteiger partial charge in [0.1, 0.15) is 11.5 Å². The van der Waals surface area contributed by atoms with Gasteiger partial charge in [-0.15, -0.1) is 35.3 Å². The molecule has 0 saturated heterocycles. The Bertz CT molecular complexity index is 2690. The van der Waals surface area contributed by atoms with E-state index in [1.165, 1.54) is 11.3 Å². The highest BCUT2D eigenvalue weighted by molar-refractivity contribution is 7.99. The van der Waals surface area contributed by atoms with E-state index in [2.05, 4.69) is 12.6 Å². The van der Waals surface area contributed by atoms with Crippen molar-refractivity contribution < 1.29 is 9.47 Å². The minimum atomic E-state index is 0.00733. The molecule has 0 spiro atoms. The lowest BCUT2D eigenvalue weighted by Crippen LogP contribution is -2.01. The second-order valence-corrected chi connectivity index (χ2v) is 16.2. The number of rotatable bonds is 6. The van der Waals surface area contributed by atoms with E-state index in [9.17, 15) is 9.59 Å². The largest absolute Gasteiger partial charge is 0.494 e. The van der Waals surface area contributed by atoms with Crippen LogP contribution in [0.3, 0.4) is 0 Å². The van der Waals surface area contributed by atoms with Gasteiger partial charge in [0, 0.05) is 45.6 Å². The number of halogens is 3. The van der Waals surface area contributed by atoms with Crippen molar-refractivity contribution in [3.8, 4) is 11.5 Å². The molecule has 8 rings (SSSR count). The summed E-state index contributed by atoms with van der Waals surface area (Å²) in [7, 11) is 0. The molecule has 0 radical (unpaired) electrons. The van der Waals surface area contributed by atoms with Gasteiger partial charge in [0.2, 0.25) is 0 Å². The molecule has 0 bridgehead atoms. The molecule has 0 N–H and O–H groups in total. The van der Waals surface area contributed by atoms with E-state index < -0.39 is 0 Å². The zero-order valence-corrected chi connectivity index (χ0v) is 34.0. The number of benzene rings is 6. The van der Waals surface area contributed by atoms with E-state index in [1.807, 2.05) is 123 Å². The molecular formula is C42H31Cl3O4S4. The van der Waals surface area contributed by atoms with Crippen LogP contribution in [-0.2, 0) is 0 Å². The first-order valence-electron chi connectivity index (χ1n) is 16.4. The predicted octanol–water partition coefficient (Wildman–Crippen LogP) is 13.7. The molecule has 53 heavy (non-hydrogen) atoms. The molecule has 0 atom stereocenters. The Kier molecular flexibility index (Phi) is 13.3. The molecule has 4 nitrogen and oxygen atoms in total. The molecule has 0 amide bonds. The maximum absolute atomic E-state index is 12.8. The Balaban J connectivity index is 0.000000152. The second-order valence-electron chi connectivity index (χ2n) is 11.3. The zero-order chi connectivity index (χ0) is 37.5. The lowest BCUT2D eigenvalue weighted by atomic mass is 10.2. The highest BCUT2D eigenvalue weighted by Gasteiger charge is 2.13. The number of hydrogen-bond acceptors (Lipinski definition) is 8. The molecule has 0 aliphatic carbocycles. The van der Waals surface area contributed by atoms with Gasteiger partial charge in [-0.05, 0) is 98.8 Å². The van der Waals surface area contributed by atoms with Gasteiger partial charge in [0.25, 0.3) is 0 Å². The van der Waals surface area contributed by atoms with E-state index in [0.29, 0.717) is 39.1 Å². The van der Waals surface area contributed by atoms with Crippen molar-refractivity contribution in [1.29, 1.82) is 0 Å². The summed E-state index contributed by atoms with van der Waals surface area (Å²) in [4.78, 5) is 27.9. The van der Waals surface area contributed by atoms with E-state index >= 15 is 0 Å². The summed E-state index contributed by atoms with van der Waals surface area (Å²) in [6.07, 6.45) is 0. The number of ether oxygens (including phenoxy) is 2. The summed E-state index contributed by atoms with van der Waals surface area (Å²) < 4.78 is 14.3. The van der Waals surface area contributed by atoms with Crippen molar-refractivity contribution in [3.05, 3.63) is 157 Å². The molecule has 2 heterocycles. The third-order valence-electron chi connectivity index (χ3n) is 7.76. The van der Waals surface area contributed by atoms with Crippen LogP contribution in [0.15, 0.2) is 146 Å². The van der Waals surface area contributed by atoms with Crippen molar-refractivity contribution in [2.24, 2.45) is 0 Å².